The molecule has 4 rings (SSSR count). The number of fused-ring (bicyclic) bond motifs is 2. The Morgan fingerprint density at radius 1 is 0.556 bits per heavy atom. The molecule has 0 saturated heterocycles. The van der Waals surface area contributed by atoms with Crippen LogP contribution in [-0.2, 0) is 17.1 Å². The molecule has 0 heterocycles. The summed E-state index contributed by atoms with van der Waals surface area (Å²) in [5.41, 5.74) is 0.219. The topological polar surface area (TPSA) is 99.3 Å². The van der Waals surface area contributed by atoms with E-state index in [2.05, 4.69) is 10.4 Å². The van der Waals surface area contributed by atoms with E-state index in [4.69, 9.17) is 0 Å². The van der Waals surface area contributed by atoms with Crippen LogP contribution in [0.15, 0.2) is 83.2 Å². The normalized spacial score (nSPS) is 9.78. The van der Waals surface area contributed by atoms with Crippen LogP contribution in [0.4, 0.5) is 11.4 Å². The maximum absolute atomic E-state index is 10.4. The number of aromatic hydroxyl groups is 2. The zero-order chi connectivity index (χ0) is 18.5. The van der Waals surface area contributed by atoms with Crippen molar-refractivity contribution in [2.24, 2.45) is 10.4 Å². The fourth-order valence-electron chi connectivity index (χ4n) is 2.68. The smallest absolute Gasteiger partial charge is 0.157 e. The van der Waals surface area contributed by atoms with Crippen molar-refractivity contribution in [2.45, 2.75) is 0 Å². The first-order chi connectivity index (χ1) is 12.7. The summed E-state index contributed by atoms with van der Waals surface area (Å²) in [7, 11) is 0. The molecular formula is C20H14MnN2O4. The molecule has 0 amide bonds. The molecule has 4 aromatic rings. The summed E-state index contributed by atoms with van der Waals surface area (Å²) in [6.45, 7) is 0. The molecule has 7 heteroatoms. The van der Waals surface area contributed by atoms with Crippen LogP contribution in [0, 0.1) is 9.81 Å². The molecule has 6 nitrogen and oxygen atoms in total. The van der Waals surface area contributed by atoms with E-state index in [0.717, 1.165) is 10.8 Å². The average Bonchev–Trinajstić information content (AvgIpc) is 2.68. The number of phenols is 2. The zero-order valence-corrected chi connectivity index (χ0v) is 15.1. The molecule has 0 atom stereocenters. The van der Waals surface area contributed by atoms with Crippen LogP contribution >= 0.6 is 0 Å². The van der Waals surface area contributed by atoms with Crippen molar-refractivity contribution in [3.05, 3.63) is 82.6 Å². The number of rotatable bonds is 2. The number of nitroso groups, excluding NO2 is 2. The van der Waals surface area contributed by atoms with Gasteiger partial charge in [0.2, 0.25) is 0 Å². The van der Waals surface area contributed by atoms with E-state index in [1.807, 2.05) is 24.3 Å². The molecule has 135 valence electrons. The molecule has 0 unspecified atom stereocenters. The molecular weight excluding hydrogens is 387 g/mol. The van der Waals surface area contributed by atoms with Crippen molar-refractivity contribution >= 4 is 32.9 Å². The number of benzene rings is 4. The minimum Gasteiger partial charge on any atom is -0.506 e. The monoisotopic (exact) mass is 401 g/mol. The summed E-state index contributed by atoms with van der Waals surface area (Å²) in [6.07, 6.45) is 0. The fourth-order valence-corrected chi connectivity index (χ4v) is 2.68. The molecule has 0 aromatic heterocycles. The van der Waals surface area contributed by atoms with Crippen molar-refractivity contribution in [3.63, 3.8) is 0 Å². The van der Waals surface area contributed by atoms with Gasteiger partial charge in [0.05, 0.1) is 0 Å². The SMILES string of the molecule is O=Nc1c(O)ccc2ccccc12.O=Nc1c(O)ccc2ccccc12.[Mn]. The molecule has 1 radical (unpaired) electrons. The zero-order valence-electron chi connectivity index (χ0n) is 13.9. The Labute approximate surface area is 164 Å². The van der Waals surface area contributed by atoms with Crippen LogP contribution in [0.5, 0.6) is 11.5 Å². The van der Waals surface area contributed by atoms with Gasteiger partial charge < -0.3 is 10.2 Å². The second kappa shape index (κ2) is 8.89. The number of hydrogen-bond donors (Lipinski definition) is 2. The van der Waals surface area contributed by atoms with Gasteiger partial charge in [-0.2, -0.15) is 0 Å². The van der Waals surface area contributed by atoms with Gasteiger partial charge >= 0.3 is 0 Å². The Morgan fingerprint density at radius 2 is 0.926 bits per heavy atom. The summed E-state index contributed by atoms with van der Waals surface area (Å²) >= 11 is 0. The standard InChI is InChI=1S/2C10H7NO2.Mn/c2*12-9-6-5-7-3-1-2-4-8(7)10(9)11-13;/h2*1-6,12H;. The summed E-state index contributed by atoms with van der Waals surface area (Å²) < 4.78 is 0. The van der Waals surface area contributed by atoms with Gasteiger partial charge in [-0.15, -0.1) is 9.81 Å². The maximum Gasteiger partial charge on any atom is 0.157 e. The Kier molecular flexibility index (Phi) is 6.60. The average molecular weight is 401 g/mol. The van der Waals surface area contributed by atoms with Gasteiger partial charge in [-0.05, 0) is 33.3 Å². The molecule has 27 heavy (non-hydrogen) atoms. The predicted octanol–water partition coefficient (Wildman–Crippen LogP) is 5.88. The third-order valence-electron chi connectivity index (χ3n) is 3.94. The van der Waals surface area contributed by atoms with E-state index >= 15 is 0 Å². The van der Waals surface area contributed by atoms with Crippen molar-refractivity contribution in [2.75, 3.05) is 0 Å². The van der Waals surface area contributed by atoms with Crippen LogP contribution in [0.2, 0.25) is 0 Å². The molecule has 0 spiro atoms. The molecule has 0 bridgehead atoms. The predicted molar refractivity (Wildman–Crippen MR) is 102 cm³/mol. The van der Waals surface area contributed by atoms with Crippen LogP contribution in [0.25, 0.3) is 21.5 Å². The van der Waals surface area contributed by atoms with Gasteiger partial charge in [0.15, 0.2) is 11.4 Å². The maximum atomic E-state index is 10.4. The molecule has 2 N–H and O–H groups in total. The summed E-state index contributed by atoms with van der Waals surface area (Å²) in [5, 5.41) is 27.4. The number of phenolic OH excluding ortho intramolecular Hbond substituents is 2. The Bertz CT molecular complexity index is 1030. The molecule has 0 fully saturated rings. The van der Waals surface area contributed by atoms with Gasteiger partial charge in [0.1, 0.15) is 11.5 Å². The molecule has 0 aliphatic rings. The van der Waals surface area contributed by atoms with Gasteiger partial charge in [-0.3, -0.25) is 0 Å². The van der Waals surface area contributed by atoms with Gasteiger partial charge in [-0.25, -0.2) is 0 Å². The third-order valence-corrected chi connectivity index (χ3v) is 3.94. The first kappa shape index (κ1) is 20.0. The third kappa shape index (κ3) is 4.11. The first-order valence-corrected chi connectivity index (χ1v) is 7.74. The Hall–Kier alpha value is -3.28. The summed E-state index contributed by atoms with van der Waals surface area (Å²) in [4.78, 5) is 20.9. The van der Waals surface area contributed by atoms with Crippen molar-refractivity contribution in [1.29, 1.82) is 0 Å². The summed E-state index contributed by atoms with van der Waals surface area (Å²) in [6, 6.07) is 21.0. The van der Waals surface area contributed by atoms with Crippen LogP contribution in [0.1, 0.15) is 0 Å². The molecule has 0 aliphatic heterocycles. The fraction of sp³-hybridized carbons (Fsp3) is 0. The summed E-state index contributed by atoms with van der Waals surface area (Å²) in [5.74, 6) is -0.151. The van der Waals surface area contributed by atoms with E-state index in [1.165, 1.54) is 12.1 Å². The van der Waals surface area contributed by atoms with Crippen LogP contribution in [0.3, 0.4) is 0 Å². The molecule has 0 saturated carbocycles. The van der Waals surface area contributed by atoms with E-state index < -0.39 is 0 Å². The van der Waals surface area contributed by atoms with Crippen molar-refractivity contribution in [3.8, 4) is 11.5 Å². The Morgan fingerprint density at radius 3 is 1.30 bits per heavy atom. The van der Waals surface area contributed by atoms with Crippen molar-refractivity contribution in [1.82, 2.24) is 0 Å². The quantitative estimate of drug-likeness (QED) is 0.323. The van der Waals surface area contributed by atoms with Crippen molar-refractivity contribution < 1.29 is 27.3 Å². The van der Waals surface area contributed by atoms with Gasteiger partial charge in [0.25, 0.3) is 0 Å². The second-order valence-corrected chi connectivity index (χ2v) is 5.49. The van der Waals surface area contributed by atoms with E-state index in [-0.39, 0.29) is 39.9 Å². The minimum absolute atomic E-state index is 0. The minimum atomic E-state index is -0.0753. The first-order valence-electron chi connectivity index (χ1n) is 7.74. The molecule has 0 aliphatic carbocycles. The van der Waals surface area contributed by atoms with E-state index in [9.17, 15) is 20.0 Å². The van der Waals surface area contributed by atoms with Gasteiger partial charge in [0, 0.05) is 27.8 Å². The largest absolute Gasteiger partial charge is 0.506 e. The van der Waals surface area contributed by atoms with Gasteiger partial charge in [-0.1, -0.05) is 60.7 Å². The van der Waals surface area contributed by atoms with E-state index in [1.54, 1.807) is 36.4 Å². The van der Waals surface area contributed by atoms with Crippen LogP contribution in [-0.4, -0.2) is 10.2 Å². The number of nitrogens with zero attached hydrogens (tertiary/aromatic N) is 2. The molecule has 4 aromatic carbocycles. The van der Waals surface area contributed by atoms with Crippen LogP contribution < -0.4 is 0 Å². The Balaban J connectivity index is 0.000000187. The second-order valence-electron chi connectivity index (χ2n) is 5.49. The van der Waals surface area contributed by atoms with E-state index in [0.29, 0.717) is 10.8 Å². The number of hydrogen-bond acceptors (Lipinski definition) is 6.